The van der Waals surface area contributed by atoms with Gasteiger partial charge in [0.05, 0.1) is 38.4 Å². The third kappa shape index (κ3) is 3.41. The lowest BCUT2D eigenvalue weighted by Crippen LogP contribution is -2.15. The smallest absolute Gasteiger partial charge is 0.259 e. The first-order valence-corrected chi connectivity index (χ1v) is 9.76. The molecule has 7 heteroatoms. The predicted octanol–water partition coefficient (Wildman–Crippen LogP) is 5.31. The fourth-order valence-electron chi connectivity index (χ4n) is 3.19. The maximum absolute atomic E-state index is 13.3. The van der Waals surface area contributed by atoms with Crippen molar-refractivity contribution in [2.75, 3.05) is 5.32 Å². The second-order valence-corrected chi connectivity index (χ2v) is 8.09. The number of halogens is 1. The van der Waals surface area contributed by atoms with Gasteiger partial charge in [0, 0.05) is 5.69 Å². The second-order valence-electron chi connectivity index (χ2n) is 6.86. The van der Waals surface area contributed by atoms with Crippen LogP contribution in [-0.4, -0.2) is 20.7 Å². The fourth-order valence-corrected chi connectivity index (χ4v) is 4.06. The van der Waals surface area contributed by atoms with E-state index in [1.165, 1.54) is 12.1 Å². The van der Waals surface area contributed by atoms with Crippen LogP contribution >= 0.6 is 11.3 Å². The van der Waals surface area contributed by atoms with Crippen molar-refractivity contribution >= 4 is 33.1 Å². The standard InChI is InChI=1S/C21H19FN4OS/c1-12(2)20-17(11-23-26(20)16-7-4-14(22)5-8-16)21(27)25-15-6-9-18-19(10-15)28-13(3)24-18/h4-12H,1-3H3,(H,25,27). The summed E-state index contributed by atoms with van der Waals surface area (Å²) < 4.78 is 16.0. The molecule has 0 saturated heterocycles. The van der Waals surface area contributed by atoms with Gasteiger partial charge in [-0.25, -0.2) is 14.1 Å². The van der Waals surface area contributed by atoms with E-state index in [1.807, 2.05) is 39.0 Å². The van der Waals surface area contributed by atoms with E-state index >= 15 is 0 Å². The monoisotopic (exact) mass is 394 g/mol. The van der Waals surface area contributed by atoms with Crippen LogP contribution in [0.3, 0.4) is 0 Å². The van der Waals surface area contributed by atoms with Crippen molar-refractivity contribution in [1.82, 2.24) is 14.8 Å². The van der Waals surface area contributed by atoms with Gasteiger partial charge in [-0.3, -0.25) is 4.79 Å². The Morgan fingerprint density at radius 1 is 1.18 bits per heavy atom. The molecule has 28 heavy (non-hydrogen) atoms. The minimum atomic E-state index is -0.311. The maximum Gasteiger partial charge on any atom is 0.259 e. The molecule has 0 aliphatic rings. The van der Waals surface area contributed by atoms with Gasteiger partial charge in [-0.15, -0.1) is 11.3 Å². The summed E-state index contributed by atoms with van der Waals surface area (Å²) in [6.07, 6.45) is 1.56. The normalized spacial score (nSPS) is 11.3. The highest BCUT2D eigenvalue weighted by Crippen LogP contribution is 2.27. The molecule has 0 atom stereocenters. The molecule has 0 saturated carbocycles. The van der Waals surface area contributed by atoms with Gasteiger partial charge in [0.1, 0.15) is 5.82 Å². The van der Waals surface area contributed by atoms with Gasteiger partial charge in [-0.2, -0.15) is 5.10 Å². The Balaban J connectivity index is 1.67. The van der Waals surface area contributed by atoms with Gasteiger partial charge >= 0.3 is 0 Å². The Morgan fingerprint density at radius 2 is 1.93 bits per heavy atom. The van der Waals surface area contributed by atoms with E-state index in [1.54, 1.807) is 34.3 Å². The summed E-state index contributed by atoms with van der Waals surface area (Å²) in [5, 5.41) is 8.32. The molecule has 2 aromatic heterocycles. The molecule has 2 heterocycles. The molecule has 4 rings (SSSR count). The fraction of sp³-hybridized carbons (Fsp3) is 0.190. The molecule has 2 aromatic carbocycles. The molecular weight excluding hydrogens is 375 g/mol. The SMILES string of the molecule is Cc1nc2ccc(NC(=O)c3cnn(-c4ccc(F)cc4)c3C(C)C)cc2s1. The highest BCUT2D eigenvalue weighted by Gasteiger charge is 2.21. The first kappa shape index (κ1) is 18.3. The van der Waals surface area contributed by atoms with Crippen LogP contribution in [0.1, 0.15) is 40.8 Å². The Hall–Kier alpha value is -3.06. The third-order valence-electron chi connectivity index (χ3n) is 4.42. The number of hydrogen-bond acceptors (Lipinski definition) is 4. The topological polar surface area (TPSA) is 59.8 Å². The minimum Gasteiger partial charge on any atom is -0.322 e. The molecule has 4 aromatic rings. The minimum absolute atomic E-state index is 0.0555. The van der Waals surface area contributed by atoms with Gasteiger partial charge < -0.3 is 5.32 Å². The summed E-state index contributed by atoms with van der Waals surface area (Å²) in [5.41, 5.74) is 3.63. The average molecular weight is 394 g/mol. The number of rotatable bonds is 4. The highest BCUT2D eigenvalue weighted by molar-refractivity contribution is 7.18. The zero-order chi connectivity index (χ0) is 19.8. The van der Waals surface area contributed by atoms with Crippen molar-refractivity contribution in [1.29, 1.82) is 0 Å². The van der Waals surface area contributed by atoms with Gasteiger partial charge in [0.15, 0.2) is 0 Å². The van der Waals surface area contributed by atoms with Crippen LogP contribution in [0.5, 0.6) is 0 Å². The Labute approximate surface area is 165 Å². The molecule has 0 spiro atoms. The van der Waals surface area contributed by atoms with Crippen LogP contribution < -0.4 is 5.32 Å². The molecule has 5 nitrogen and oxygen atoms in total. The lowest BCUT2D eigenvalue weighted by molar-refractivity contribution is 0.102. The molecule has 1 amide bonds. The number of aromatic nitrogens is 3. The zero-order valence-corrected chi connectivity index (χ0v) is 16.5. The van der Waals surface area contributed by atoms with Gasteiger partial charge in [-0.05, 0) is 55.3 Å². The molecule has 0 unspecified atom stereocenters. The van der Waals surface area contributed by atoms with E-state index in [9.17, 15) is 9.18 Å². The first-order chi connectivity index (χ1) is 13.4. The number of nitrogens with one attached hydrogen (secondary N) is 1. The quantitative estimate of drug-likeness (QED) is 0.511. The Kier molecular flexibility index (Phi) is 4.68. The van der Waals surface area contributed by atoms with Crippen LogP contribution in [0.15, 0.2) is 48.7 Å². The number of amides is 1. The number of nitrogens with zero attached hydrogens (tertiary/aromatic N) is 3. The van der Waals surface area contributed by atoms with E-state index in [0.717, 1.165) is 20.9 Å². The van der Waals surface area contributed by atoms with Gasteiger partial charge in [0.2, 0.25) is 0 Å². The second kappa shape index (κ2) is 7.16. The van der Waals surface area contributed by atoms with Crippen molar-refractivity contribution in [2.45, 2.75) is 26.7 Å². The summed E-state index contributed by atoms with van der Waals surface area (Å²) in [4.78, 5) is 17.4. The van der Waals surface area contributed by atoms with E-state index in [0.29, 0.717) is 16.9 Å². The lowest BCUT2D eigenvalue weighted by atomic mass is 10.0. The van der Waals surface area contributed by atoms with Crippen molar-refractivity contribution in [2.24, 2.45) is 0 Å². The molecular formula is C21H19FN4OS. The number of aryl methyl sites for hydroxylation is 1. The Morgan fingerprint density at radius 3 is 2.64 bits per heavy atom. The van der Waals surface area contributed by atoms with Gasteiger partial charge in [0.25, 0.3) is 5.91 Å². The average Bonchev–Trinajstić information content (AvgIpc) is 3.25. The van der Waals surface area contributed by atoms with Crippen LogP contribution in [0, 0.1) is 12.7 Å². The van der Waals surface area contributed by atoms with Crippen molar-refractivity contribution < 1.29 is 9.18 Å². The summed E-state index contributed by atoms with van der Waals surface area (Å²) >= 11 is 1.59. The largest absolute Gasteiger partial charge is 0.322 e. The van der Waals surface area contributed by atoms with Crippen LogP contribution in [0.25, 0.3) is 15.9 Å². The van der Waals surface area contributed by atoms with Crippen LogP contribution in [0.2, 0.25) is 0 Å². The number of carbonyl (C=O) groups is 1. The van der Waals surface area contributed by atoms with Crippen molar-refractivity contribution in [3.63, 3.8) is 0 Å². The summed E-state index contributed by atoms with van der Waals surface area (Å²) in [6, 6.07) is 11.7. The molecule has 0 radical (unpaired) electrons. The number of fused-ring (bicyclic) bond motifs is 1. The number of thiazole rings is 1. The predicted molar refractivity (Wildman–Crippen MR) is 110 cm³/mol. The molecule has 142 valence electrons. The molecule has 0 fully saturated rings. The summed E-state index contributed by atoms with van der Waals surface area (Å²) in [6.45, 7) is 5.96. The van der Waals surface area contributed by atoms with E-state index < -0.39 is 0 Å². The van der Waals surface area contributed by atoms with E-state index in [-0.39, 0.29) is 17.6 Å². The summed E-state index contributed by atoms with van der Waals surface area (Å²) in [7, 11) is 0. The number of carbonyl (C=O) groups excluding carboxylic acids is 1. The van der Waals surface area contributed by atoms with Gasteiger partial charge in [-0.1, -0.05) is 13.8 Å². The lowest BCUT2D eigenvalue weighted by Gasteiger charge is -2.13. The van der Waals surface area contributed by atoms with E-state index in [2.05, 4.69) is 15.4 Å². The van der Waals surface area contributed by atoms with E-state index in [4.69, 9.17) is 0 Å². The molecule has 1 N–H and O–H groups in total. The maximum atomic E-state index is 13.3. The third-order valence-corrected chi connectivity index (χ3v) is 5.36. The Bertz CT molecular complexity index is 1160. The first-order valence-electron chi connectivity index (χ1n) is 8.95. The van der Waals surface area contributed by atoms with Crippen LogP contribution in [-0.2, 0) is 0 Å². The summed E-state index contributed by atoms with van der Waals surface area (Å²) in [5.74, 6) is -0.480. The van der Waals surface area contributed by atoms with Crippen molar-refractivity contribution in [3.8, 4) is 5.69 Å². The molecule has 0 aliphatic carbocycles. The number of hydrogen-bond donors (Lipinski definition) is 1. The van der Waals surface area contributed by atoms with Crippen LogP contribution in [0.4, 0.5) is 10.1 Å². The number of anilines is 1. The number of benzene rings is 2. The zero-order valence-electron chi connectivity index (χ0n) is 15.7. The molecule has 0 aliphatic heterocycles. The highest BCUT2D eigenvalue weighted by atomic mass is 32.1. The van der Waals surface area contributed by atoms with Crippen molar-refractivity contribution in [3.05, 3.63) is 70.7 Å². The molecule has 0 bridgehead atoms.